The normalized spacial score (nSPS) is 17.0. The van der Waals surface area contributed by atoms with Crippen molar-refractivity contribution >= 4 is 23.2 Å². The van der Waals surface area contributed by atoms with E-state index in [2.05, 4.69) is 32.2 Å². The molecule has 29 heavy (non-hydrogen) atoms. The van der Waals surface area contributed by atoms with Crippen LogP contribution in [0.2, 0.25) is 0 Å². The largest absolute Gasteiger partial charge is 0.489 e. The molecule has 154 valence electrons. The van der Waals surface area contributed by atoms with Crippen LogP contribution < -0.4 is 15.0 Å². The molecular formula is C24H30N2O3. The lowest BCUT2D eigenvalue weighted by Crippen LogP contribution is -2.30. The smallest absolute Gasteiger partial charge is 0.229 e. The molecule has 0 radical (unpaired) electrons. The summed E-state index contributed by atoms with van der Waals surface area (Å²) in [6, 6.07) is 15.3. The Morgan fingerprint density at radius 2 is 1.76 bits per heavy atom. The zero-order chi connectivity index (χ0) is 21.2. The molecular weight excluding hydrogens is 364 g/mol. The topological polar surface area (TPSA) is 58.6 Å². The van der Waals surface area contributed by atoms with Crippen LogP contribution in [0.25, 0.3) is 0 Å². The van der Waals surface area contributed by atoms with Gasteiger partial charge in [0.2, 0.25) is 11.8 Å². The average Bonchev–Trinajstić information content (AvgIpc) is 3.04. The van der Waals surface area contributed by atoms with Gasteiger partial charge in [-0.25, -0.2) is 0 Å². The van der Waals surface area contributed by atoms with Gasteiger partial charge in [0.1, 0.15) is 5.75 Å². The monoisotopic (exact) mass is 394 g/mol. The van der Waals surface area contributed by atoms with Crippen molar-refractivity contribution in [3.63, 3.8) is 0 Å². The van der Waals surface area contributed by atoms with Crippen molar-refractivity contribution in [3.8, 4) is 5.75 Å². The Balaban J connectivity index is 1.77. The summed E-state index contributed by atoms with van der Waals surface area (Å²) in [5, 5.41) is 2.95. The molecule has 0 spiro atoms. The molecule has 2 aromatic carbocycles. The highest BCUT2D eigenvalue weighted by Gasteiger charge is 2.37. The van der Waals surface area contributed by atoms with Gasteiger partial charge in [-0.2, -0.15) is 0 Å². The van der Waals surface area contributed by atoms with Crippen molar-refractivity contribution in [2.45, 2.75) is 52.6 Å². The standard InChI is InChI=1S/C24H30N2O3/c1-16(2)29-21-13-9-7-11-19(21)25-23(28)17-14-22(27)26(15-17)20-12-8-6-10-18(20)24(3,4)5/h6-13,16-17H,14-15H2,1-5H3,(H,25,28). The van der Waals surface area contributed by atoms with Crippen molar-refractivity contribution in [1.29, 1.82) is 0 Å². The van der Waals surface area contributed by atoms with E-state index in [4.69, 9.17) is 4.74 Å². The number of ether oxygens (including phenoxy) is 1. The molecule has 0 saturated carbocycles. The van der Waals surface area contributed by atoms with Crippen LogP contribution in [0, 0.1) is 5.92 Å². The van der Waals surface area contributed by atoms with Gasteiger partial charge in [0.15, 0.2) is 0 Å². The third-order valence-corrected chi connectivity index (χ3v) is 5.01. The number of rotatable bonds is 5. The number of nitrogens with zero attached hydrogens (tertiary/aromatic N) is 1. The molecule has 5 heteroatoms. The van der Waals surface area contributed by atoms with E-state index in [1.807, 2.05) is 56.3 Å². The van der Waals surface area contributed by atoms with Crippen LogP contribution in [0.1, 0.15) is 46.6 Å². The van der Waals surface area contributed by atoms with Crippen LogP contribution in [-0.4, -0.2) is 24.5 Å². The summed E-state index contributed by atoms with van der Waals surface area (Å²) in [5.74, 6) is 0.0557. The Kier molecular flexibility index (Phi) is 5.96. The molecule has 1 saturated heterocycles. The summed E-state index contributed by atoms with van der Waals surface area (Å²) in [6.45, 7) is 10.6. The number of hydrogen-bond acceptors (Lipinski definition) is 3. The minimum atomic E-state index is -0.400. The molecule has 3 rings (SSSR count). The van der Waals surface area contributed by atoms with Gasteiger partial charge in [0.05, 0.1) is 17.7 Å². The van der Waals surface area contributed by atoms with Gasteiger partial charge in [-0.1, -0.05) is 51.1 Å². The number of anilines is 2. The first-order chi connectivity index (χ1) is 13.7. The van der Waals surface area contributed by atoms with Crippen molar-refractivity contribution in [2.75, 3.05) is 16.8 Å². The number of carbonyl (C=O) groups excluding carboxylic acids is 2. The first-order valence-corrected chi connectivity index (χ1v) is 10.1. The number of para-hydroxylation sites is 3. The third-order valence-electron chi connectivity index (χ3n) is 5.01. The summed E-state index contributed by atoms with van der Waals surface area (Å²) in [5.41, 5.74) is 2.53. The second kappa shape index (κ2) is 8.27. The minimum absolute atomic E-state index is 0.00509. The first kappa shape index (κ1) is 20.9. The van der Waals surface area contributed by atoms with E-state index in [-0.39, 0.29) is 29.8 Å². The molecule has 0 aliphatic carbocycles. The SMILES string of the molecule is CC(C)Oc1ccccc1NC(=O)C1CC(=O)N(c2ccccc2C(C)(C)C)C1. The Morgan fingerprint density at radius 1 is 1.10 bits per heavy atom. The fourth-order valence-electron chi connectivity index (χ4n) is 3.62. The Morgan fingerprint density at radius 3 is 2.45 bits per heavy atom. The zero-order valence-corrected chi connectivity index (χ0v) is 17.9. The molecule has 1 aliphatic heterocycles. The van der Waals surface area contributed by atoms with E-state index in [9.17, 15) is 9.59 Å². The second-order valence-electron chi connectivity index (χ2n) is 8.82. The summed E-state index contributed by atoms with van der Waals surface area (Å²) in [4.78, 5) is 27.4. The number of benzene rings is 2. The maximum Gasteiger partial charge on any atom is 0.229 e. The molecule has 5 nitrogen and oxygen atoms in total. The maximum absolute atomic E-state index is 12.9. The van der Waals surface area contributed by atoms with Gasteiger partial charge in [0.25, 0.3) is 0 Å². The third kappa shape index (κ3) is 4.78. The molecule has 1 unspecified atom stereocenters. The van der Waals surface area contributed by atoms with Crippen LogP contribution in [0.5, 0.6) is 5.75 Å². The van der Waals surface area contributed by atoms with E-state index in [1.54, 1.807) is 4.90 Å². The second-order valence-corrected chi connectivity index (χ2v) is 8.82. The van der Waals surface area contributed by atoms with Crippen molar-refractivity contribution in [2.24, 2.45) is 5.92 Å². The Labute approximate surface area is 173 Å². The maximum atomic E-state index is 12.9. The van der Waals surface area contributed by atoms with Gasteiger partial charge in [-0.3, -0.25) is 9.59 Å². The molecule has 2 amide bonds. The fourth-order valence-corrected chi connectivity index (χ4v) is 3.62. The van der Waals surface area contributed by atoms with E-state index in [0.29, 0.717) is 18.0 Å². The van der Waals surface area contributed by atoms with Crippen LogP contribution in [-0.2, 0) is 15.0 Å². The lowest BCUT2D eigenvalue weighted by atomic mass is 9.85. The molecule has 1 heterocycles. The van der Waals surface area contributed by atoms with Gasteiger partial charge < -0.3 is 15.0 Å². The molecule has 1 N–H and O–H groups in total. The molecule has 0 aromatic heterocycles. The van der Waals surface area contributed by atoms with Crippen molar-refractivity contribution < 1.29 is 14.3 Å². The van der Waals surface area contributed by atoms with Crippen molar-refractivity contribution in [3.05, 3.63) is 54.1 Å². The first-order valence-electron chi connectivity index (χ1n) is 10.1. The predicted molar refractivity (Wildman–Crippen MR) is 116 cm³/mol. The predicted octanol–water partition coefficient (Wildman–Crippen LogP) is 4.76. The summed E-state index contributed by atoms with van der Waals surface area (Å²) in [7, 11) is 0. The van der Waals surface area contributed by atoms with Crippen LogP contribution in [0.3, 0.4) is 0 Å². The van der Waals surface area contributed by atoms with Gasteiger partial charge in [-0.15, -0.1) is 0 Å². The lowest BCUT2D eigenvalue weighted by Gasteiger charge is -2.27. The molecule has 1 atom stereocenters. The van der Waals surface area contributed by atoms with Gasteiger partial charge >= 0.3 is 0 Å². The molecule has 1 aliphatic rings. The summed E-state index contributed by atoms with van der Waals surface area (Å²) in [6.07, 6.45) is 0.211. The van der Waals surface area contributed by atoms with E-state index in [0.717, 1.165) is 11.3 Å². The molecule has 0 bridgehead atoms. The fraction of sp³-hybridized carbons (Fsp3) is 0.417. The highest BCUT2D eigenvalue weighted by molar-refractivity contribution is 6.04. The van der Waals surface area contributed by atoms with Crippen LogP contribution in [0.15, 0.2) is 48.5 Å². The molecule has 2 aromatic rings. The number of hydrogen-bond donors (Lipinski definition) is 1. The number of carbonyl (C=O) groups is 2. The van der Waals surface area contributed by atoms with E-state index < -0.39 is 5.92 Å². The van der Waals surface area contributed by atoms with Gasteiger partial charge in [-0.05, 0) is 43.0 Å². The average molecular weight is 395 g/mol. The molecule has 1 fully saturated rings. The lowest BCUT2D eigenvalue weighted by molar-refractivity contribution is -0.122. The minimum Gasteiger partial charge on any atom is -0.489 e. The van der Waals surface area contributed by atoms with E-state index in [1.165, 1.54) is 0 Å². The number of amides is 2. The summed E-state index contributed by atoms with van der Waals surface area (Å²) >= 11 is 0. The highest BCUT2D eigenvalue weighted by Crippen LogP contribution is 2.35. The Hall–Kier alpha value is -2.82. The van der Waals surface area contributed by atoms with Crippen LogP contribution in [0.4, 0.5) is 11.4 Å². The van der Waals surface area contributed by atoms with Gasteiger partial charge in [0, 0.05) is 18.7 Å². The Bertz CT molecular complexity index is 899. The summed E-state index contributed by atoms with van der Waals surface area (Å²) < 4.78 is 5.78. The highest BCUT2D eigenvalue weighted by atomic mass is 16.5. The number of nitrogens with one attached hydrogen (secondary N) is 1. The van der Waals surface area contributed by atoms with E-state index >= 15 is 0 Å². The van der Waals surface area contributed by atoms with Crippen LogP contribution >= 0.6 is 0 Å². The quantitative estimate of drug-likeness (QED) is 0.795. The van der Waals surface area contributed by atoms with Crippen molar-refractivity contribution in [1.82, 2.24) is 0 Å². The zero-order valence-electron chi connectivity index (χ0n) is 17.9.